The zero-order valence-electron chi connectivity index (χ0n) is 11.5. The highest BCUT2D eigenvalue weighted by atomic mass is 32.2. The molecule has 1 aromatic carbocycles. The molecule has 1 atom stereocenters. The van der Waals surface area contributed by atoms with Crippen LogP contribution in [0.5, 0.6) is 5.75 Å². The van der Waals surface area contributed by atoms with Crippen LogP contribution in [-0.4, -0.2) is 48.5 Å². The zero-order chi connectivity index (χ0) is 15.2. The van der Waals surface area contributed by atoms with Crippen molar-refractivity contribution in [3.8, 4) is 5.75 Å². The summed E-state index contributed by atoms with van der Waals surface area (Å²) in [7, 11) is -4.66. The quantitative estimate of drug-likeness (QED) is 0.670. The topological polar surface area (TPSA) is 77.5 Å². The predicted octanol–water partition coefficient (Wildman–Crippen LogP) is 1.06. The molecule has 1 aromatic rings. The molecule has 112 valence electrons. The van der Waals surface area contributed by atoms with Crippen LogP contribution in [0.25, 0.3) is 0 Å². The molecular weight excluding hydrogens is 300 g/mol. The number of benzene rings is 1. The number of Topliss-reactive ketones (excluding diaryl/α,β-unsaturated/α-hetero) is 1. The molecule has 0 radical (unpaired) electrons. The molecule has 1 rings (SSSR count). The lowest BCUT2D eigenvalue weighted by atomic mass is 10.1. The van der Waals surface area contributed by atoms with Gasteiger partial charge in [0, 0.05) is 22.8 Å². The molecule has 20 heavy (non-hydrogen) atoms. The minimum atomic E-state index is -3.17. The van der Waals surface area contributed by atoms with Crippen molar-refractivity contribution in [1.82, 2.24) is 0 Å². The molecule has 0 saturated carbocycles. The van der Waals surface area contributed by atoms with Gasteiger partial charge in [0.05, 0.1) is 23.7 Å². The SMILES string of the molecule is CCOc1ccccc1C(=O)CS(=O)CCS(C)(=O)=O. The van der Waals surface area contributed by atoms with Crippen molar-refractivity contribution in [1.29, 1.82) is 0 Å². The van der Waals surface area contributed by atoms with Crippen LogP contribution in [0.2, 0.25) is 0 Å². The summed E-state index contributed by atoms with van der Waals surface area (Å²) in [5.41, 5.74) is 0.377. The first-order valence-corrected chi connectivity index (χ1v) is 9.66. The average Bonchev–Trinajstić information content (AvgIpc) is 2.36. The van der Waals surface area contributed by atoms with Gasteiger partial charge >= 0.3 is 0 Å². The summed E-state index contributed by atoms with van der Waals surface area (Å²) in [6.45, 7) is 2.24. The maximum absolute atomic E-state index is 12.1. The Hall–Kier alpha value is -1.21. The van der Waals surface area contributed by atoms with E-state index in [0.29, 0.717) is 17.9 Å². The zero-order valence-corrected chi connectivity index (χ0v) is 13.1. The number of carbonyl (C=O) groups is 1. The van der Waals surface area contributed by atoms with E-state index in [1.165, 1.54) is 0 Å². The largest absolute Gasteiger partial charge is 0.493 e. The van der Waals surface area contributed by atoms with Gasteiger partial charge in [-0.2, -0.15) is 0 Å². The van der Waals surface area contributed by atoms with Gasteiger partial charge in [-0.05, 0) is 19.1 Å². The van der Waals surface area contributed by atoms with E-state index in [1.807, 2.05) is 6.92 Å². The van der Waals surface area contributed by atoms with Crippen molar-refractivity contribution in [2.75, 3.05) is 30.1 Å². The number of sulfone groups is 1. The Kier molecular flexibility index (Phi) is 6.35. The normalized spacial score (nSPS) is 12.9. The van der Waals surface area contributed by atoms with E-state index < -0.39 is 20.6 Å². The molecule has 0 amide bonds. The Bertz CT molecular complexity index is 593. The molecule has 0 bridgehead atoms. The van der Waals surface area contributed by atoms with E-state index in [9.17, 15) is 17.4 Å². The first kappa shape index (κ1) is 16.8. The van der Waals surface area contributed by atoms with Gasteiger partial charge in [-0.25, -0.2) is 8.42 Å². The average molecular weight is 318 g/mol. The van der Waals surface area contributed by atoms with Crippen molar-refractivity contribution in [3.05, 3.63) is 29.8 Å². The molecule has 0 aliphatic heterocycles. The molecule has 5 nitrogen and oxygen atoms in total. The number of ketones is 1. The minimum Gasteiger partial charge on any atom is -0.493 e. The Morgan fingerprint density at radius 3 is 2.55 bits per heavy atom. The fraction of sp³-hybridized carbons (Fsp3) is 0.462. The number of ether oxygens (including phenoxy) is 1. The van der Waals surface area contributed by atoms with E-state index in [-0.39, 0.29) is 23.0 Å². The Morgan fingerprint density at radius 1 is 1.30 bits per heavy atom. The highest BCUT2D eigenvalue weighted by Crippen LogP contribution is 2.18. The van der Waals surface area contributed by atoms with Crippen molar-refractivity contribution >= 4 is 26.4 Å². The third-order valence-electron chi connectivity index (χ3n) is 2.46. The molecule has 1 unspecified atom stereocenters. The molecule has 0 heterocycles. The van der Waals surface area contributed by atoms with Crippen molar-refractivity contribution in [2.45, 2.75) is 6.92 Å². The highest BCUT2D eigenvalue weighted by molar-refractivity contribution is 7.92. The van der Waals surface area contributed by atoms with Gasteiger partial charge in [0.15, 0.2) is 5.78 Å². The lowest BCUT2D eigenvalue weighted by molar-refractivity contribution is 0.101. The second kappa shape index (κ2) is 7.54. The number of para-hydroxylation sites is 1. The van der Waals surface area contributed by atoms with Crippen LogP contribution >= 0.6 is 0 Å². The third kappa shape index (κ3) is 5.83. The summed E-state index contributed by atoms with van der Waals surface area (Å²) in [4.78, 5) is 12.1. The van der Waals surface area contributed by atoms with Crippen molar-refractivity contribution in [2.24, 2.45) is 0 Å². The van der Waals surface area contributed by atoms with Crippen LogP contribution < -0.4 is 4.74 Å². The van der Waals surface area contributed by atoms with E-state index in [0.717, 1.165) is 6.26 Å². The smallest absolute Gasteiger partial charge is 0.179 e. The Balaban J connectivity index is 2.69. The summed E-state index contributed by atoms with van der Waals surface area (Å²) in [5, 5.41) is 0. The molecule has 0 saturated heterocycles. The van der Waals surface area contributed by atoms with Gasteiger partial charge in [0.2, 0.25) is 0 Å². The van der Waals surface area contributed by atoms with Crippen LogP contribution in [0.1, 0.15) is 17.3 Å². The monoisotopic (exact) mass is 318 g/mol. The van der Waals surface area contributed by atoms with Gasteiger partial charge in [-0.3, -0.25) is 9.00 Å². The number of carbonyl (C=O) groups excluding carboxylic acids is 1. The van der Waals surface area contributed by atoms with Crippen LogP contribution in [0.3, 0.4) is 0 Å². The van der Waals surface area contributed by atoms with Gasteiger partial charge in [0.1, 0.15) is 15.6 Å². The number of rotatable bonds is 8. The first-order chi connectivity index (χ1) is 9.33. The first-order valence-electron chi connectivity index (χ1n) is 6.11. The van der Waals surface area contributed by atoms with Gasteiger partial charge in [-0.1, -0.05) is 12.1 Å². The summed E-state index contributed by atoms with van der Waals surface area (Å²) < 4.78 is 39.0. The van der Waals surface area contributed by atoms with E-state index in [2.05, 4.69) is 0 Å². The standard InChI is InChI=1S/C13H18O5S2/c1-3-18-13-7-5-4-6-11(13)12(14)10-19(15)8-9-20(2,16)17/h4-7H,3,8-10H2,1-2H3. The van der Waals surface area contributed by atoms with Crippen LogP contribution in [0, 0.1) is 0 Å². The number of hydrogen-bond acceptors (Lipinski definition) is 5. The highest BCUT2D eigenvalue weighted by Gasteiger charge is 2.16. The molecule has 0 spiro atoms. The molecule has 0 aliphatic rings. The lowest BCUT2D eigenvalue weighted by Gasteiger charge is -2.08. The van der Waals surface area contributed by atoms with E-state index in [4.69, 9.17) is 4.74 Å². The second-order valence-electron chi connectivity index (χ2n) is 4.27. The molecular formula is C13H18O5S2. The summed E-state index contributed by atoms with van der Waals surface area (Å²) in [6, 6.07) is 6.74. The van der Waals surface area contributed by atoms with Crippen molar-refractivity contribution < 1.29 is 22.2 Å². The minimum absolute atomic E-state index is 0.0264. The lowest BCUT2D eigenvalue weighted by Crippen LogP contribution is -2.18. The summed E-state index contributed by atoms with van der Waals surface area (Å²) in [5.74, 6) is -0.248. The fourth-order valence-corrected chi connectivity index (χ4v) is 4.07. The summed E-state index contributed by atoms with van der Waals surface area (Å²) >= 11 is 0. The Labute approximate surface area is 121 Å². The molecule has 0 aromatic heterocycles. The molecule has 0 aliphatic carbocycles. The van der Waals surface area contributed by atoms with Gasteiger partial charge < -0.3 is 4.74 Å². The van der Waals surface area contributed by atoms with E-state index >= 15 is 0 Å². The fourth-order valence-electron chi connectivity index (χ4n) is 1.52. The van der Waals surface area contributed by atoms with Gasteiger partial charge in [-0.15, -0.1) is 0 Å². The predicted molar refractivity (Wildman–Crippen MR) is 79.5 cm³/mol. The third-order valence-corrected chi connectivity index (χ3v) is 4.91. The summed E-state index contributed by atoms with van der Waals surface area (Å²) in [6.07, 6.45) is 1.08. The molecule has 0 N–H and O–H groups in total. The van der Waals surface area contributed by atoms with Crippen LogP contribution in [-0.2, 0) is 20.6 Å². The molecule has 7 heteroatoms. The number of hydrogen-bond donors (Lipinski definition) is 0. The Morgan fingerprint density at radius 2 is 1.95 bits per heavy atom. The van der Waals surface area contributed by atoms with Crippen molar-refractivity contribution in [3.63, 3.8) is 0 Å². The van der Waals surface area contributed by atoms with Crippen LogP contribution in [0.15, 0.2) is 24.3 Å². The maximum Gasteiger partial charge on any atom is 0.179 e. The van der Waals surface area contributed by atoms with Crippen LogP contribution in [0.4, 0.5) is 0 Å². The maximum atomic E-state index is 12.1. The second-order valence-corrected chi connectivity index (χ2v) is 8.11. The molecule has 0 fully saturated rings. The van der Waals surface area contributed by atoms with Gasteiger partial charge in [0.25, 0.3) is 0 Å². The van der Waals surface area contributed by atoms with E-state index in [1.54, 1.807) is 24.3 Å².